The molecule has 0 aliphatic heterocycles. The third-order valence-corrected chi connectivity index (χ3v) is 3.00. The standard InChI is InChI=1S/C10H21N3O/c1-8(10(11)12-14)6-13(2)7-9-4-3-5-9/h8-9,14H,3-7H2,1-2H3,(H2,11,12). The SMILES string of the molecule is CC(CN(C)CC1CCC1)C(N)=NO. The van der Waals surface area contributed by atoms with Crippen LogP contribution >= 0.6 is 0 Å². The molecule has 1 aliphatic rings. The molecule has 4 nitrogen and oxygen atoms in total. The van der Waals surface area contributed by atoms with Gasteiger partial charge in [0.1, 0.15) is 5.84 Å². The normalized spacial score (nSPS) is 20.9. The summed E-state index contributed by atoms with van der Waals surface area (Å²) in [4.78, 5) is 2.27. The van der Waals surface area contributed by atoms with E-state index in [9.17, 15) is 0 Å². The molecule has 0 saturated heterocycles. The Kier molecular flexibility index (Phi) is 4.20. The molecule has 0 aromatic rings. The number of nitrogens with zero attached hydrogens (tertiary/aromatic N) is 2. The highest BCUT2D eigenvalue weighted by molar-refractivity contribution is 5.82. The van der Waals surface area contributed by atoms with Gasteiger partial charge < -0.3 is 15.8 Å². The molecule has 82 valence electrons. The maximum absolute atomic E-state index is 8.50. The second kappa shape index (κ2) is 5.20. The summed E-state index contributed by atoms with van der Waals surface area (Å²) in [6.07, 6.45) is 4.11. The van der Waals surface area contributed by atoms with Crippen molar-refractivity contribution in [1.82, 2.24) is 4.90 Å². The van der Waals surface area contributed by atoms with Gasteiger partial charge in [-0.05, 0) is 25.8 Å². The smallest absolute Gasteiger partial charge is 0.143 e. The molecule has 1 atom stereocenters. The van der Waals surface area contributed by atoms with Gasteiger partial charge in [-0.25, -0.2) is 0 Å². The van der Waals surface area contributed by atoms with E-state index < -0.39 is 0 Å². The van der Waals surface area contributed by atoms with Crippen LogP contribution in [0.3, 0.4) is 0 Å². The monoisotopic (exact) mass is 199 g/mol. The van der Waals surface area contributed by atoms with Crippen molar-refractivity contribution in [2.75, 3.05) is 20.1 Å². The van der Waals surface area contributed by atoms with E-state index in [-0.39, 0.29) is 5.92 Å². The molecule has 1 rings (SSSR count). The summed E-state index contributed by atoms with van der Waals surface area (Å²) in [5, 5.41) is 11.5. The lowest BCUT2D eigenvalue weighted by Crippen LogP contribution is -2.36. The summed E-state index contributed by atoms with van der Waals surface area (Å²) in [7, 11) is 2.10. The van der Waals surface area contributed by atoms with Crippen molar-refractivity contribution in [3.63, 3.8) is 0 Å². The van der Waals surface area contributed by atoms with Gasteiger partial charge in [0.2, 0.25) is 0 Å². The molecular weight excluding hydrogens is 178 g/mol. The van der Waals surface area contributed by atoms with Crippen LogP contribution in [-0.4, -0.2) is 36.1 Å². The Hall–Kier alpha value is -0.770. The Morgan fingerprint density at radius 1 is 1.64 bits per heavy atom. The van der Waals surface area contributed by atoms with E-state index in [0.29, 0.717) is 5.84 Å². The largest absolute Gasteiger partial charge is 0.409 e. The molecule has 1 aliphatic carbocycles. The summed E-state index contributed by atoms with van der Waals surface area (Å²) in [6.45, 7) is 3.99. The second-order valence-electron chi connectivity index (χ2n) is 4.44. The first-order valence-electron chi connectivity index (χ1n) is 5.29. The first kappa shape index (κ1) is 11.3. The van der Waals surface area contributed by atoms with Crippen molar-refractivity contribution >= 4 is 5.84 Å². The van der Waals surface area contributed by atoms with E-state index in [1.807, 2.05) is 6.92 Å². The van der Waals surface area contributed by atoms with Gasteiger partial charge in [0.05, 0.1) is 0 Å². The number of hydrogen-bond acceptors (Lipinski definition) is 3. The Morgan fingerprint density at radius 2 is 2.29 bits per heavy atom. The van der Waals surface area contributed by atoms with Crippen molar-refractivity contribution in [2.45, 2.75) is 26.2 Å². The Balaban J connectivity index is 2.21. The molecule has 0 amide bonds. The Bertz CT molecular complexity index is 202. The van der Waals surface area contributed by atoms with Crippen molar-refractivity contribution in [2.24, 2.45) is 22.7 Å². The molecule has 1 saturated carbocycles. The highest BCUT2D eigenvalue weighted by Gasteiger charge is 2.20. The average Bonchev–Trinajstić information content (AvgIpc) is 2.10. The fourth-order valence-electron chi connectivity index (χ4n) is 1.85. The van der Waals surface area contributed by atoms with Gasteiger partial charge in [-0.15, -0.1) is 0 Å². The van der Waals surface area contributed by atoms with Crippen LogP contribution in [0, 0.1) is 11.8 Å². The van der Waals surface area contributed by atoms with E-state index in [1.54, 1.807) is 0 Å². The van der Waals surface area contributed by atoms with Crippen LogP contribution in [-0.2, 0) is 0 Å². The zero-order chi connectivity index (χ0) is 10.6. The molecule has 1 fully saturated rings. The van der Waals surface area contributed by atoms with E-state index in [0.717, 1.165) is 19.0 Å². The fraction of sp³-hybridized carbons (Fsp3) is 0.900. The molecule has 0 heterocycles. The molecular formula is C10H21N3O. The number of rotatable bonds is 5. The summed E-state index contributed by atoms with van der Waals surface area (Å²) in [6, 6.07) is 0. The van der Waals surface area contributed by atoms with Crippen LogP contribution < -0.4 is 5.73 Å². The molecule has 14 heavy (non-hydrogen) atoms. The fourth-order valence-corrected chi connectivity index (χ4v) is 1.85. The summed E-state index contributed by atoms with van der Waals surface area (Å²) in [5.41, 5.74) is 5.52. The highest BCUT2D eigenvalue weighted by Crippen LogP contribution is 2.26. The number of amidine groups is 1. The lowest BCUT2D eigenvalue weighted by atomic mass is 9.85. The molecule has 0 radical (unpaired) electrons. The quantitative estimate of drug-likeness (QED) is 0.302. The number of hydrogen-bond donors (Lipinski definition) is 2. The van der Waals surface area contributed by atoms with Crippen molar-refractivity contribution < 1.29 is 5.21 Å². The second-order valence-corrected chi connectivity index (χ2v) is 4.44. The Morgan fingerprint density at radius 3 is 2.71 bits per heavy atom. The first-order valence-corrected chi connectivity index (χ1v) is 5.29. The van der Waals surface area contributed by atoms with Gasteiger partial charge in [-0.2, -0.15) is 0 Å². The van der Waals surface area contributed by atoms with E-state index in [2.05, 4.69) is 17.1 Å². The van der Waals surface area contributed by atoms with Crippen molar-refractivity contribution in [3.8, 4) is 0 Å². The van der Waals surface area contributed by atoms with Crippen LogP contribution in [0.5, 0.6) is 0 Å². The van der Waals surface area contributed by atoms with Gasteiger partial charge in [-0.1, -0.05) is 18.5 Å². The highest BCUT2D eigenvalue weighted by atomic mass is 16.4. The van der Waals surface area contributed by atoms with Crippen LogP contribution in [0.4, 0.5) is 0 Å². The maximum atomic E-state index is 8.50. The van der Waals surface area contributed by atoms with Gasteiger partial charge >= 0.3 is 0 Å². The zero-order valence-electron chi connectivity index (χ0n) is 9.11. The summed E-state index contributed by atoms with van der Waals surface area (Å²) in [5.74, 6) is 1.33. The number of oxime groups is 1. The van der Waals surface area contributed by atoms with Crippen LogP contribution in [0.2, 0.25) is 0 Å². The van der Waals surface area contributed by atoms with Crippen LogP contribution in [0.15, 0.2) is 5.16 Å². The minimum atomic E-state index is 0.130. The summed E-state index contributed by atoms with van der Waals surface area (Å²) >= 11 is 0. The number of nitrogens with two attached hydrogens (primary N) is 1. The minimum Gasteiger partial charge on any atom is -0.409 e. The van der Waals surface area contributed by atoms with E-state index in [4.69, 9.17) is 10.9 Å². The third-order valence-electron chi connectivity index (χ3n) is 3.00. The topological polar surface area (TPSA) is 61.8 Å². The van der Waals surface area contributed by atoms with Crippen molar-refractivity contribution in [3.05, 3.63) is 0 Å². The van der Waals surface area contributed by atoms with E-state index in [1.165, 1.54) is 19.3 Å². The van der Waals surface area contributed by atoms with Gasteiger partial charge in [0.25, 0.3) is 0 Å². The maximum Gasteiger partial charge on any atom is 0.143 e. The molecule has 1 unspecified atom stereocenters. The van der Waals surface area contributed by atoms with Gasteiger partial charge in [0.15, 0.2) is 0 Å². The first-order chi connectivity index (χ1) is 6.63. The van der Waals surface area contributed by atoms with Gasteiger partial charge in [0, 0.05) is 19.0 Å². The van der Waals surface area contributed by atoms with Crippen molar-refractivity contribution in [1.29, 1.82) is 0 Å². The van der Waals surface area contributed by atoms with Crippen LogP contribution in [0.1, 0.15) is 26.2 Å². The molecule has 0 aromatic carbocycles. The Labute approximate surface area is 85.8 Å². The van der Waals surface area contributed by atoms with Crippen LogP contribution in [0.25, 0.3) is 0 Å². The molecule has 0 aromatic heterocycles. The predicted octanol–water partition coefficient (Wildman–Crippen LogP) is 1.10. The van der Waals surface area contributed by atoms with E-state index >= 15 is 0 Å². The zero-order valence-corrected chi connectivity index (χ0v) is 9.11. The molecule has 0 spiro atoms. The predicted molar refractivity (Wildman–Crippen MR) is 57.4 cm³/mol. The molecule has 3 N–H and O–H groups in total. The minimum absolute atomic E-state index is 0.130. The molecule has 4 heteroatoms. The lowest BCUT2D eigenvalue weighted by Gasteiger charge is -2.31. The summed E-state index contributed by atoms with van der Waals surface area (Å²) < 4.78 is 0. The van der Waals surface area contributed by atoms with Gasteiger partial charge in [-0.3, -0.25) is 0 Å². The average molecular weight is 199 g/mol. The molecule has 0 bridgehead atoms. The lowest BCUT2D eigenvalue weighted by molar-refractivity contribution is 0.197. The third kappa shape index (κ3) is 3.18.